The van der Waals surface area contributed by atoms with E-state index in [2.05, 4.69) is 13.8 Å². The number of benzene rings is 1. The maximum Gasteiger partial charge on any atom is 0.244 e. The number of anilines is 1. The van der Waals surface area contributed by atoms with Crippen LogP contribution in [0.2, 0.25) is 0 Å². The van der Waals surface area contributed by atoms with Crippen LogP contribution in [0, 0.1) is 16.7 Å². The monoisotopic (exact) mass is 293 g/mol. The average Bonchev–Trinajstić information content (AvgIpc) is 2.37. The van der Waals surface area contributed by atoms with Crippen molar-refractivity contribution in [2.45, 2.75) is 31.6 Å². The second-order valence-electron chi connectivity index (χ2n) is 5.94. The summed E-state index contributed by atoms with van der Waals surface area (Å²) in [6.07, 6.45) is 1.65. The number of nitriles is 1. The molecular formula is C14H19N3O2S. The fourth-order valence-electron chi connectivity index (χ4n) is 2.33. The van der Waals surface area contributed by atoms with Crippen molar-refractivity contribution in [1.29, 1.82) is 5.26 Å². The van der Waals surface area contributed by atoms with Crippen LogP contribution in [0.3, 0.4) is 0 Å². The molecule has 0 atom stereocenters. The zero-order chi connectivity index (χ0) is 15.0. The molecule has 1 heterocycles. The first-order valence-corrected chi connectivity index (χ1v) is 8.00. The highest BCUT2D eigenvalue weighted by molar-refractivity contribution is 7.89. The number of hydrogen-bond acceptors (Lipinski definition) is 4. The quantitative estimate of drug-likeness (QED) is 0.844. The minimum absolute atomic E-state index is 0.0499. The summed E-state index contributed by atoms with van der Waals surface area (Å²) in [7, 11) is -3.62. The van der Waals surface area contributed by atoms with Gasteiger partial charge in [-0.1, -0.05) is 13.8 Å². The van der Waals surface area contributed by atoms with Crippen molar-refractivity contribution in [3.05, 3.63) is 23.8 Å². The highest BCUT2D eigenvalue weighted by Crippen LogP contribution is 2.33. The van der Waals surface area contributed by atoms with Crippen LogP contribution < -0.4 is 5.73 Å². The third-order valence-electron chi connectivity index (χ3n) is 3.82. The van der Waals surface area contributed by atoms with E-state index in [1.54, 1.807) is 0 Å². The van der Waals surface area contributed by atoms with Crippen LogP contribution >= 0.6 is 0 Å². The Balaban J connectivity index is 2.35. The Morgan fingerprint density at radius 1 is 1.30 bits per heavy atom. The Labute approximate surface area is 120 Å². The summed E-state index contributed by atoms with van der Waals surface area (Å²) in [6.45, 7) is 5.26. The number of nitrogens with zero attached hydrogens (tertiary/aromatic N) is 2. The van der Waals surface area contributed by atoms with Crippen LogP contribution in [0.4, 0.5) is 5.69 Å². The molecule has 1 aliphatic rings. The van der Waals surface area contributed by atoms with Gasteiger partial charge < -0.3 is 5.73 Å². The largest absolute Gasteiger partial charge is 0.399 e. The Morgan fingerprint density at radius 3 is 2.45 bits per heavy atom. The first kappa shape index (κ1) is 14.8. The maximum atomic E-state index is 12.6. The lowest BCUT2D eigenvalue weighted by atomic mass is 9.83. The molecule has 0 radical (unpaired) electrons. The van der Waals surface area contributed by atoms with Crippen LogP contribution in [-0.2, 0) is 10.0 Å². The van der Waals surface area contributed by atoms with Gasteiger partial charge >= 0.3 is 0 Å². The number of nitrogen functional groups attached to an aromatic ring is 1. The summed E-state index contributed by atoms with van der Waals surface area (Å²) in [5, 5.41) is 9.10. The minimum Gasteiger partial charge on any atom is -0.399 e. The zero-order valence-corrected chi connectivity index (χ0v) is 12.6. The van der Waals surface area contributed by atoms with E-state index in [0.29, 0.717) is 18.8 Å². The number of sulfonamides is 1. The molecule has 108 valence electrons. The van der Waals surface area contributed by atoms with E-state index in [1.807, 2.05) is 6.07 Å². The highest BCUT2D eigenvalue weighted by Gasteiger charge is 2.33. The molecule has 1 fully saturated rings. The van der Waals surface area contributed by atoms with E-state index in [9.17, 15) is 8.42 Å². The van der Waals surface area contributed by atoms with Crippen LogP contribution in [0.25, 0.3) is 0 Å². The SMILES string of the molecule is CC1(C)CCN(S(=O)(=O)c2ccc(N)cc2C#N)CC1. The highest BCUT2D eigenvalue weighted by atomic mass is 32.2. The van der Waals surface area contributed by atoms with E-state index in [1.165, 1.54) is 22.5 Å². The van der Waals surface area contributed by atoms with E-state index in [4.69, 9.17) is 11.0 Å². The van der Waals surface area contributed by atoms with E-state index in [0.717, 1.165) is 12.8 Å². The summed E-state index contributed by atoms with van der Waals surface area (Å²) in [5.74, 6) is 0. The molecule has 1 aromatic rings. The smallest absolute Gasteiger partial charge is 0.244 e. The second-order valence-corrected chi connectivity index (χ2v) is 7.84. The van der Waals surface area contributed by atoms with Crippen molar-refractivity contribution < 1.29 is 8.42 Å². The summed E-state index contributed by atoms with van der Waals surface area (Å²) in [4.78, 5) is 0.0499. The lowest BCUT2D eigenvalue weighted by Gasteiger charge is -2.36. The molecule has 0 saturated carbocycles. The summed E-state index contributed by atoms with van der Waals surface area (Å²) >= 11 is 0. The first-order chi connectivity index (χ1) is 9.26. The summed E-state index contributed by atoms with van der Waals surface area (Å²) < 4.78 is 26.7. The Kier molecular flexibility index (Phi) is 3.76. The van der Waals surface area contributed by atoms with Crippen molar-refractivity contribution in [3.8, 4) is 6.07 Å². The van der Waals surface area contributed by atoms with Gasteiger partial charge in [0.2, 0.25) is 10.0 Å². The number of piperidine rings is 1. The Morgan fingerprint density at radius 2 is 1.90 bits per heavy atom. The van der Waals surface area contributed by atoms with Gasteiger partial charge in [-0.3, -0.25) is 0 Å². The van der Waals surface area contributed by atoms with Crippen molar-refractivity contribution in [1.82, 2.24) is 4.31 Å². The van der Waals surface area contributed by atoms with Crippen LogP contribution in [0.1, 0.15) is 32.3 Å². The predicted octanol–water partition coefficient (Wildman–Crippen LogP) is 1.95. The Bertz CT molecular complexity index is 649. The molecule has 5 nitrogen and oxygen atoms in total. The molecule has 0 aromatic heterocycles. The van der Waals surface area contributed by atoms with Crippen LogP contribution in [0.15, 0.2) is 23.1 Å². The molecule has 0 aliphatic carbocycles. The van der Waals surface area contributed by atoms with Crippen molar-refractivity contribution >= 4 is 15.7 Å². The van der Waals surface area contributed by atoms with E-state index in [-0.39, 0.29) is 15.9 Å². The van der Waals surface area contributed by atoms with Crippen LogP contribution in [-0.4, -0.2) is 25.8 Å². The predicted molar refractivity (Wildman–Crippen MR) is 77.3 cm³/mol. The number of hydrogen-bond donors (Lipinski definition) is 1. The molecule has 20 heavy (non-hydrogen) atoms. The molecule has 2 rings (SSSR count). The van der Waals surface area contributed by atoms with Gasteiger partial charge in [0.25, 0.3) is 0 Å². The third-order valence-corrected chi connectivity index (χ3v) is 5.77. The fraction of sp³-hybridized carbons (Fsp3) is 0.500. The molecule has 2 N–H and O–H groups in total. The van der Waals surface area contributed by atoms with E-state index < -0.39 is 10.0 Å². The standard InChI is InChI=1S/C14H19N3O2S/c1-14(2)5-7-17(8-6-14)20(18,19)13-4-3-12(16)9-11(13)10-15/h3-4,9H,5-8,16H2,1-2H3. The summed E-state index contributed by atoms with van der Waals surface area (Å²) in [6, 6.07) is 6.25. The molecule has 6 heteroatoms. The van der Waals surface area contributed by atoms with Crippen LogP contribution in [0.5, 0.6) is 0 Å². The van der Waals surface area contributed by atoms with Gasteiger partial charge in [0, 0.05) is 18.8 Å². The Hall–Kier alpha value is -1.58. The molecule has 0 bridgehead atoms. The van der Waals surface area contributed by atoms with Crippen molar-refractivity contribution in [2.75, 3.05) is 18.8 Å². The maximum absolute atomic E-state index is 12.6. The molecule has 0 unspecified atom stereocenters. The molecule has 1 aliphatic heterocycles. The van der Waals surface area contributed by atoms with Crippen molar-refractivity contribution in [2.24, 2.45) is 5.41 Å². The van der Waals surface area contributed by atoms with Gasteiger partial charge in [-0.25, -0.2) is 8.42 Å². The van der Waals surface area contributed by atoms with Crippen molar-refractivity contribution in [3.63, 3.8) is 0 Å². The van der Waals surface area contributed by atoms with Gasteiger partial charge in [-0.15, -0.1) is 0 Å². The van der Waals surface area contributed by atoms with Gasteiger partial charge in [0.15, 0.2) is 0 Å². The zero-order valence-electron chi connectivity index (χ0n) is 11.8. The van der Waals surface area contributed by atoms with Gasteiger partial charge in [0.1, 0.15) is 11.0 Å². The lowest BCUT2D eigenvalue weighted by molar-refractivity contribution is 0.196. The minimum atomic E-state index is -3.62. The average molecular weight is 293 g/mol. The number of rotatable bonds is 2. The number of nitrogens with two attached hydrogens (primary N) is 1. The molecular weight excluding hydrogens is 274 g/mol. The first-order valence-electron chi connectivity index (χ1n) is 6.56. The second kappa shape index (κ2) is 5.08. The van der Waals surface area contributed by atoms with Gasteiger partial charge in [-0.2, -0.15) is 9.57 Å². The van der Waals surface area contributed by atoms with Gasteiger partial charge in [0.05, 0.1) is 5.56 Å². The molecule has 1 aromatic carbocycles. The van der Waals surface area contributed by atoms with Gasteiger partial charge in [-0.05, 0) is 36.5 Å². The topological polar surface area (TPSA) is 87.2 Å². The normalized spacial score (nSPS) is 19.4. The molecule has 1 saturated heterocycles. The third kappa shape index (κ3) is 2.79. The van der Waals surface area contributed by atoms with E-state index >= 15 is 0 Å². The fourth-order valence-corrected chi connectivity index (χ4v) is 3.89. The lowest BCUT2D eigenvalue weighted by Crippen LogP contribution is -2.41. The molecule has 0 spiro atoms. The molecule has 0 amide bonds. The summed E-state index contributed by atoms with van der Waals surface area (Å²) in [5.41, 5.74) is 6.27.